The molecule has 0 aromatic carbocycles. The Balaban J connectivity index is 0.000000490. The third-order valence-corrected chi connectivity index (χ3v) is 1.54. The average molecular weight is 152 g/mol. The molecule has 8 heavy (non-hydrogen) atoms. The Morgan fingerprint density at radius 2 is 2.38 bits per heavy atom. The van der Waals surface area contributed by atoms with Crippen molar-refractivity contribution in [3.8, 4) is 0 Å². The van der Waals surface area contributed by atoms with Crippen molar-refractivity contribution in [2.45, 2.75) is 6.04 Å². The van der Waals surface area contributed by atoms with Crippen LogP contribution in [-0.4, -0.2) is 11.2 Å². The lowest BCUT2D eigenvalue weighted by Gasteiger charge is -1.89. The molecule has 0 aliphatic carbocycles. The van der Waals surface area contributed by atoms with E-state index in [0.29, 0.717) is 0 Å². The molecule has 0 amide bonds. The number of carbonyl (C=O) groups is 1. The third kappa shape index (κ3) is 1.51. The van der Waals surface area contributed by atoms with Crippen molar-refractivity contribution in [1.82, 2.24) is 0 Å². The molecule has 0 aromatic rings. The fourth-order valence-corrected chi connectivity index (χ4v) is 0.966. The molecule has 0 saturated heterocycles. The summed E-state index contributed by atoms with van der Waals surface area (Å²) in [7, 11) is 0. The van der Waals surface area contributed by atoms with Crippen LogP contribution in [0.3, 0.4) is 0 Å². The van der Waals surface area contributed by atoms with Crippen molar-refractivity contribution in [2.75, 3.05) is 0 Å². The first kappa shape index (κ1) is 8.01. The molecular formula is C4H6ClNOS. The lowest BCUT2D eigenvalue weighted by Crippen LogP contribution is -2.21. The summed E-state index contributed by atoms with van der Waals surface area (Å²) in [5.41, 5.74) is 5.22. The van der Waals surface area contributed by atoms with Crippen LogP contribution in [-0.2, 0) is 4.79 Å². The number of nitrogens with two attached hydrogens (primary N) is 1. The molecule has 0 saturated carbocycles. The summed E-state index contributed by atoms with van der Waals surface area (Å²) in [5, 5.41) is 1.76. The van der Waals surface area contributed by atoms with Crippen molar-refractivity contribution < 1.29 is 4.79 Å². The maximum Gasteiger partial charge on any atom is 0.213 e. The highest BCUT2D eigenvalue weighted by Gasteiger charge is 2.13. The van der Waals surface area contributed by atoms with Gasteiger partial charge in [-0.3, -0.25) is 4.79 Å². The number of thioether (sulfide) groups is 1. The molecule has 1 rings (SSSR count). The molecule has 1 aliphatic heterocycles. The van der Waals surface area contributed by atoms with Gasteiger partial charge in [-0.2, -0.15) is 0 Å². The molecule has 0 aromatic heterocycles. The Bertz CT molecular complexity index is 125. The second kappa shape index (κ2) is 3.12. The van der Waals surface area contributed by atoms with E-state index in [9.17, 15) is 4.79 Å². The van der Waals surface area contributed by atoms with Crippen molar-refractivity contribution in [1.29, 1.82) is 0 Å². The largest absolute Gasteiger partial charge is 0.318 e. The lowest BCUT2D eigenvalue weighted by molar-refractivity contribution is -0.111. The van der Waals surface area contributed by atoms with Crippen LogP contribution >= 0.6 is 24.2 Å². The van der Waals surface area contributed by atoms with Crippen LogP contribution in [0.15, 0.2) is 11.5 Å². The first-order chi connectivity index (χ1) is 3.30. The summed E-state index contributed by atoms with van der Waals surface area (Å²) in [6.45, 7) is 0. The van der Waals surface area contributed by atoms with Gasteiger partial charge in [0.1, 0.15) is 0 Å². The topological polar surface area (TPSA) is 43.1 Å². The van der Waals surface area contributed by atoms with E-state index in [4.69, 9.17) is 5.73 Å². The Hall–Kier alpha value is 0.01000. The number of carbonyl (C=O) groups excluding carboxylic acids is 1. The van der Waals surface area contributed by atoms with Gasteiger partial charge >= 0.3 is 0 Å². The monoisotopic (exact) mass is 151 g/mol. The molecule has 4 heteroatoms. The average Bonchev–Trinajstić information content (AvgIpc) is 1.91. The van der Waals surface area contributed by atoms with E-state index < -0.39 is 0 Å². The van der Waals surface area contributed by atoms with Crippen LogP contribution in [0, 0.1) is 0 Å². The van der Waals surface area contributed by atoms with E-state index >= 15 is 0 Å². The molecule has 1 unspecified atom stereocenters. The summed E-state index contributed by atoms with van der Waals surface area (Å²) in [6.07, 6.45) is 1.69. The first-order valence-electron chi connectivity index (χ1n) is 1.93. The zero-order chi connectivity index (χ0) is 5.28. The molecule has 0 spiro atoms. The molecule has 0 bridgehead atoms. The fraction of sp³-hybridized carbons (Fsp3) is 0.250. The Labute approximate surface area is 57.9 Å². The van der Waals surface area contributed by atoms with E-state index in [0.717, 1.165) is 11.8 Å². The number of hydrogen-bond donors (Lipinski definition) is 1. The summed E-state index contributed by atoms with van der Waals surface area (Å²) >= 11 is 1.16. The summed E-state index contributed by atoms with van der Waals surface area (Å²) in [4.78, 5) is 10.3. The highest BCUT2D eigenvalue weighted by Crippen LogP contribution is 2.13. The van der Waals surface area contributed by atoms with E-state index in [2.05, 4.69) is 0 Å². The molecule has 1 atom stereocenters. The zero-order valence-corrected chi connectivity index (χ0v) is 5.67. The van der Waals surface area contributed by atoms with Crippen LogP contribution in [0.4, 0.5) is 0 Å². The first-order valence-corrected chi connectivity index (χ1v) is 2.81. The second-order valence-corrected chi connectivity index (χ2v) is 2.20. The van der Waals surface area contributed by atoms with Gasteiger partial charge in [-0.05, 0) is 5.41 Å². The minimum Gasteiger partial charge on any atom is -0.318 e. The van der Waals surface area contributed by atoms with Gasteiger partial charge in [0, 0.05) is 0 Å². The SMILES string of the molecule is Cl.NC1C=CSC1=O. The summed E-state index contributed by atoms with van der Waals surface area (Å²) in [5.74, 6) is 0. The quantitative estimate of drug-likeness (QED) is 0.549. The van der Waals surface area contributed by atoms with E-state index in [-0.39, 0.29) is 23.6 Å². The predicted octanol–water partition coefficient (Wildman–Crippen LogP) is 0.523. The van der Waals surface area contributed by atoms with Crippen LogP contribution < -0.4 is 5.73 Å². The van der Waals surface area contributed by atoms with Gasteiger partial charge < -0.3 is 5.73 Å². The van der Waals surface area contributed by atoms with Gasteiger partial charge in [-0.15, -0.1) is 12.4 Å². The smallest absolute Gasteiger partial charge is 0.213 e. The van der Waals surface area contributed by atoms with Crippen LogP contribution in [0.5, 0.6) is 0 Å². The van der Waals surface area contributed by atoms with Crippen molar-refractivity contribution in [3.63, 3.8) is 0 Å². The van der Waals surface area contributed by atoms with Crippen molar-refractivity contribution in [3.05, 3.63) is 11.5 Å². The van der Waals surface area contributed by atoms with Gasteiger partial charge in [0.25, 0.3) is 0 Å². The van der Waals surface area contributed by atoms with Crippen molar-refractivity contribution in [2.24, 2.45) is 5.73 Å². The molecule has 0 fully saturated rings. The minimum atomic E-state index is -0.343. The lowest BCUT2D eigenvalue weighted by atomic mass is 10.4. The molecule has 0 radical (unpaired) electrons. The van der Waals surface area contributed by atoms with E-state index in [1.54, 1.807) is 11.5 Å². The van der Waals surface area contributed by atoms with Crippen LogP contribution in [0.1, 0.15) is 0 Å². The van der Waals surface area contributed by atoms with E-state index in [1.165, 1.54) is 0 Å². The summed E-state index contributed by atoms with van der Waals surface area (Å²) in [6, 6.07) is -0.343. The molecule has 46 valence electrons. The third-order valence-electron chi connectivity index (χ3n) is 0.742. The highest BCUT2D eigenvalue weighted by atomic mass is 35.5. The molecule has 2 N–H and O–H groups in total. The predicted molar refractivity (Wildman–Crippen MR) is 37.0 cm³/mol. The standard InChI is InChI=1S/C4H5NOS.ClH/c5-3-1-2-7-4(3)6;/h1-3H,5H2;1H. The highest BCUT2D eigenvalue weighted by molar-refractivity contribution is 8.16. The number of halogens is 1. The van der Waals surface area contributed by atoms with Gasteiger partial charge in [0.2, 0.25) is 5.12 Å². The second-order valence-electron chi connectivity index (χ2n) is 1.29. The van der Waals surface area contributed by atoms with Crippen molar-refractivity contribution >= 4 is 29.3 Å². The van der Waals surface area contributed by atoms with Gasteiger partial charge in [0.05, 0.1) is 6.04 Å². The normalized spacial score (nSPS) is 25.6. The van der Waals surface area contributed by atoms with Gasteiger partial charge in [-0.25, -0.2) is 0 Å². The minimum absolute atomic E-state index is 0. The van der Waals surface area contributed by atoms with Crippen LogP contribution in [0.25, 0.3) is 0 Å². The van der Waals surface area contributed by atoms with Gasteiger partial charge in [-0.1, -0.05) is 17.8 Å². The number of rotatable bonds is 0. The molecule has 1 heterocycles. The Morgan fingerprint density at radius 3 is 2.50 bits per heavy atom. The van der Waals surface area contributed by atoms with Crippen LogP contribution in [0.2, 0.25) is 0 Å². The number of hydrogen-bond acceptors (Lipinski definition) is 3. The maximum absolute atomic E-state index is 10.3. The molecule has 1 aliphatic rings. The fourth-order valence-electron chi connectivity index (χ4n) is 0.348. The van der Waals surface area contributed by atoms with E-state index in [1.807, 2.05) is 0 Å². The molecule has 2 nitrogen and oxygen atoms in total. The Morgan fingerprint density at radius 1 is 1.75 bits per heavy atom. The maximum atomic E-state index is 10.3. The molecular weight excluding hydrogens is 146 g/mol. The Kier molecular flexibility index (Phi) is 3.12. The summed E-state index contributed by atoms with van der Waals surface area (Å²) < 4.78 is 0. The zero-order valence-electron chi connectivity index (χ0n) is 4.03. The van der Waals surface area contributed by atoms with Gasteiger partial charge in [0.15, 0.2) is 0 Å².